The molecule has 0 unspecified atom stereocenters. The topological polar surface area (TPSA) is 213 Å². The highest BCUT2D eigenvalue weighted by atomic mass is 16.5. The molecule has 6 rings (SSSR count). The van der Waals surface area contributed by atoms with Crippen LogP contribution in [0.4, 0.5) is 0 Å². The lowest BCUT2D eigenvalue weighted by Crippen LogP contribution is -2.08. The number of nitrogens with zero attached hydrogens (tertiary/aromatic N) is 9. The molecule has 0 aliphatic carbocycles. The maximum atomic E-state index is 11.4. The SMILES string of the molecule is COC(=O)c1cc(C)n2ncc(C(C)=O)c2n1.COC(=O)c1cc(C)n2ncc(OC(C)=O)c2n1.COC(=O)c1cc(C)n2nccc2n1. The lowest BCUT2D eigenvalue weighted by molar-refractivity contribution is -0.131. The number of aryl methyl sites for hydroxylation is 3. The van der Waals surface area contributed by atoms with E-state index in [0.29, 0.717) is 39.6 Å². The molecule has 0 spiro atoms. The molecule has 0 aliphatic rings. The zero-order valence-electron chi connectivity index (χ0n) is 27.7. The highest BCUT2D eigenvalue weighted by Crippen LogP contribution is 2.20. The number of hydrogen-bond donors (Lipinski definition) is 0. The van der Waals surface area contributed by atoms with Crippen molar-refractivity contribution in [1.82, 2.24) is 43.8 Å². The van der Waals surface area contributed by atoms with Gasteiger partial charge < -0.3 is 18.9 Å². The van der Waals surface area contributed by atoms with Crippen molar-refractivity contribution in [3.63, 3.8) is 0 Å². The Bertz CT molecular complexity index is 2230. The summed E-state index contributed by atoms with van der Waals surface area (Å²) in [6.45, 7) is 8.09. The largest absolute Gasteiger partial charge is 0.464 e. The molecule has 0 aliphatic heterocycles. The zero-order valence-corrected chi connectivity index (χ0v) is 27.7. The number of carbonyl (C=O) groups excluding carboxylic acids is 5. The van der Waals surface area contributed by atoms with Crippen molar-refractivity contribution in [3.8, 4) is 5.75 Å². The molecule has 0 bridgehead atoms. The quantitative estimate of drug-likeness (QED) is 0.146. The highest BCUT2D eigenvalue weighted by molar-refractivity contribution is 6.00. The van der Waals surface area contributed by atoms with E-state index in [0.717, 1.165) is 5.69 Å². The summed E-state index contributed by atoms with van der Waals surface area (Å²) in [5.74, 6) is -1.95. The predicted octanol–water partition coefficient (Wildman–Crippen LogP) is 2.60. The van der Waals surface area contributed by atoms with Crippen LogP contribution in [0.15, 0.2) is 42.9 Å². The van der Waals surface area contributed by atoms with Gasteiger partial charge in [-0.25, -0.2) is 42.9 Å². The van der Waals surface area contributed by atoms with E-state index in [4.69, 9.17) is 4.74 Å². The Hall–Kier alpha value is -6.59. The average Bonchev–Trinajstić information content (AvgIpc) is 3.83. The van der Waals surface area contributed by atoms with Crippen LogP contribution >= 0.6 is 0 Å². The first-order valence-electron chi connectivity index (χ1n) is 14.3. The molecule has 0 N–H and O–H groups in total. The third-order valence-electron chi connectivity index (χ3n) is 6.62. The number of rotatable bonds is 5. The Morgan fingerprint density at radius 2 is 1.08 bits per heavy atom. The second-order valence-corrected chi connectivity index (χ2v) is 10.1. The minimum Gasteiger partial charge on any atom is -0.464 e. The van der Waals surface area contributed by atoms with Crippen LogP contribution in [0, 0.1) is 20.8 Å². The van der Waals surface area contributed by atoms with E-state index in [1.165, 1.54) is 56.6 Å². The molecule has 18 nitrogen and oxygen atoms in total. The van der Waals surface area contributed by atoms with Gasteiger partial charge in [-0.15, -0.1) is 0 Å². The van der Waals surface area contributed by atoms with Crippen molar-refractivity contribution in [1.29, 1.82) is 0 Å². The standard InChI is InChI=1S/C11H11N3O4.C11H11N3O3.C9H9N3O2/c1-6-4-8(11(16)17-3)13-10-9(18-7(2)15)5-12-14(6)10;1-6-4-9(11(16)17-3)13-10-8(7(2)15)5-12-14(6)10;1-6-5-7(9(13)14-2)11-8-3-4-10-12(6)8/h4-5H,1-3H3;4-5H,1-3H3;3-5H,1-2H3. The summed E-state index contributed by atoms with van der Waals surface area (Å²) in [4.78, 5) is 68.6. The number of Topliss-reactive ketones (excluding diaryl/α,β-unsaturated/α-hetero) is 1. The van der Waals surface area contributed by atoms with E-state index in [2.05, 4.69) is 44.5 Å². The molecule has 254 valence electrons. The number of hydrogen-bond acceptors (Lipinski definition) is 15. The van der Waals surface area contributed by atoms with Crippen LogP contribution in [0.2, 0.25) is 0 Å². The molecule has 6 aromatic rings. The molecular formula is C31H31N9O9. The first-order chi connectivity index (χ1) is 23.3. The summed E-state index contributed by atoms with van der Waals surface area (Å²) in [5, 5.41) is 12.1. The molecule has 0 saturated carbocycles. The van der Waals surface area contributed by atoms with Gasteiger partial charge in [0.2, 0.25) is 0 Å². The maximum Gasteiger partial charge on any atom is 0.356 e. The fraction of sp³-hybridized carbons (Fsp3) is 0.258. The fourth-order valence-corrected chi connectivity index (χ4v) is 4.38. The third kappa shape index (κ3) is 7.70. The van der Waals surface area contributed by atoms with Gasteiger partial charge in [-0.05, 0) is 45.9 Å². The number of methoxy groups -OCH3 is 3. The molecule has 0 radical (unpaired) electrons. The number of carbonyl (C=O) groups is 5. The van der Waals surface area contributed by atoms with E-state index >= 15 is 0 Å². The Balaban J connectivity index is 0.000000167. The second-order valence-electron chi connectivity index (χ2n) is 10.1. The third-order valence-corrected chi connectivity index (χ3v) is 6.62. The van der Waals surface area contributed by atoms with Crippen molar-refractivity contribution in [2.24, 2.45) is 0 Å². The van der Waals surface area contributed by atoms with Gasteiger partial charge in [-0.1, -0.05) is 0 Å². The summed E-state index contributed by atoms with van der Waals surface area (Å²) in [6, 6.07) is 6.49. The fourth-order valence-electron chi connectivity index (χ4n) is 4.38. The average molecular weight is 674 g/mol. The zero-order chi connectivity index (χ0) is 36.0. The van der Waals surface area contributed by atoms with Crippen LogP contribution < -0.4 is 4.74 Å². The lowest BCUT2D eigenvalue weighted by Gasteiger charge is -2.03. The molecule has 6 aromatic heterocycles. The van der Waals surface area contributed by atoms with Gasteiger partial charge >= 0.3 is 23.9 Å². The van der Waals surface area contributed by atoms with Crippen molar-refractivity contribution >= 4 is 46.6 Å². The van der Waals surface area contributed by atoms with Crippen molar-refractivity contribution < 1.29 is 42.9 Å². The number of fused-ring (bicyclic) bond motifs is 3. The molecular weight excluding hydrogens is 642 g/mol. The highest BCUT2D eigenvalue weighted by Gasteiger charge is 2.17. The minimum absolute atomic E-state index is 0.136. The smallest absolute Gasteiger partial charge is 0.356 e. The lowest BCUT2D eigenvalue weighted by atomic mass is 10.2. The Labute approximate surface area is 277 Å². The first kappa shape index (κ1) is 35.3. The van der Waals surface area contributed by atoms with Gasteiger partial charge in [0, 0.05) is 30.1 Å². The van der Waals surface area contributed by atoms with E-state index in [1.54, 1.807) is 48.8 Å². The first-order valence-corrected chi connectivity index (χ1v) is 14.3. The molecule has 0 fully saturated rings. The molecule has 49 heavy (non-hydrogen) atoms. The Kier molecular flexibility index (Phi) is 10.7. The molecule has 0 aromatic carbocycles. The Morgan fingerprint density at radius 1 is 0.612 bits per heavy atom. The molecule has 6 heterocycles. The van der Waals surface area contributed by atoms with E-state index < -0.39 is 23.9 Å². The molecule has 0 amide bonds. The molecule has 18 heteroatoms. The van der Waals surface area contributed by atoms with Crippen LogP contribution in [0.3, 0.4) is 0 Å². The number of ketones is 1. The van der Waals surface area contributed by atoms with Gasteiger partial charge in [-0.3, -0.25) is 9.59 Å². The van der Waals surface area contributed by atoms with Crippen LogP contribution in [0.1, 0.15) is 72.8 Å². The maximum absolute atomic E-state index is 11.4. The van der Waals surface area contributed by atoms with E-state index in [9.17, 15) is 24.0 Å². The predicted molar refractivity (Wildman–Crippen MR) is 169 cm³/mol. The summed E-state index contributed by atoms with van der Waals surface area (Å²) in [6.07, 6.45) is 4.45. The Morgan fingerprint density at radius 3 is 1.59 bits per heavy atom. The van der Waals surface area contributed by atoms with Crippen molar-refractivity contribution in [2.45, 2.75) is 34.6 Å². The van der Waals surface area contributed by atoms with Gasteiger partial charge in [-0.2, -0.15) is 15.3 Å². The van der Waals surface area contributed by atoms with Crippen LogP contribution in [-0.4, -0.2) is 94.8 Å². The summed E-state index contributed by atoms with van der Waals surface area (Å²) in [7, 11) is 3.89. The summed E-state index contributed by atoms with van der Waals surface area (Å²) < 4.78 is 23.4. The normalized spacial score (nSPS) is 10.4. The van der Waals surface area contributed by atoms with Gasteiger partial charge in [0.15, 0.2) is 45.6 Å². The van der Waals surface area contributed by atoms with Crippen molar-refractivity contribution in [2.75, 3.05) is 21.3 Å². The summed E-state index contributed by atoms with van der Waals surface area (Å²) >= 11 is 0. The van der Waals surface area contributed by atoms with Gasteiger partial charge in [0.25, 0.3) is 0 Å². The van der Waals surface area contributed by atoms with Crippen LogP contribution in [-0.2, 0) is 19.0 Å². The second kappa shape index (κ2) is 14.9. The number of aromatic nitrogens is 9. The molecule has 0 saturated heterocycles. The summed E-state index contributed by atoms with van der Waals surface area (Å²) in [5.41, 5.74) is 4.55. The molecule has 0 atom stereocenters. The van der Waals surface area contributed by atoms with Gasteiger partial charge in [0.05, 0.1) is 45.5 Å². The van der Waals surface area contributed by atoms with Crippen molar-refractivity contribution in [3.05, 3.63) is 82.6 Å². The van der Waals surface area contributed by atoms with E-state index in [1.807, 2.05) is 6.92 Å². The minimum atomic E-state index is -0.560. The van der Waals surface area contributed by atoms with Crippen LogP contribution in [0.5, 0.6) is 5.75 Å². The monoisotopic (exact) mass is 673 g/mol. The number of ether oxygens (including phenoxy) is 4. The van der Waals surface area contributed by atoms with Crippen LogP contribution in [0.25, 0.3) is 16.9 Å². The van der Waals surface area contributed by atoms with Gasteiger partial charge in [0.1, 0.15) is 0 Å². The number of esters is 4. The van der Waals surface area contributed by atoms with E-state index in [-0.39, 0.29) is 22.9 Å².